The largest absolute Gasteiger partial charge is 0.573 e. The van der Waals surface area contributed by atoms with Gasteiger partial charge in [-0.15, -0.1) is 13.2 Å². The zero-order valence-electron chi connectivity index (χ0n) is 15.1. The van der Waals surface area contributed by atoms with E-state index in [4.69, 9.17) is 4.74 Å². The van der Waals surface area contributed by atoms with Gasteiger partial charge in [-0.3, -0.25) is 4.90 Å². The summed E-state index contributed by atoms with van der Waals surface area (Å²) in [6.45, 7) is 3.99. The van der Waals surface area contributed by atoms with Gasteiger partial charge in [0.2, 0.25) is 0 Å². The lowest BCUT2D eigenvalue weighted by molar-refractivity contribution is -0.274. The lowest BCUT2D eigenvalue weighted by atomic mass is 9.93. The molecule has 1 aliphatic carbocycles. The van der Waals surface area contributed by atoms with E-state index in [1.165, 1.54) is 12.1 Å². The van der Waals surface area contributed by atoms with Crippen molar-refractivity contribution in [2.24, 2.45) is 17.8 Å². The first-order valence-corrected chi connectivity index (χ1v) is 9.53. The molecule has 7 heteroatoms. The van der Waals surface area contributed by atoms with E-state index in [1.54, 1.807) is 12.1 Å². The molecule has 2 unspecified atom stereocenters. The summed E-state index contributed by atoms with van der Waals surface area (Å²) in [5, 5.41) is 10.6. The zero-order valence-corrected chi connectivity index (χ0v) is 15.1. The van der Waals surface area contributed by atoms with E-state index in [0.29, 0.717) is 43.8 Å². The number of piperidine rings is 1. The van der Waals surface area contributed by atoms with Crippen LogP contribution in [-0.2, 0) is 4.74 Å². The van der Waals surface area contributed by atoms with Crippen LogP contribution in [0.4, 0.5) is 13.2 Å². The predicted molar refractivity (Wildman–Crippen MR) is 93.1 cm³/mol. The third-order valence-electron chi connectivity index (χ3n) is 6.11. The number of likely N-dealkylation sites (tertiary alicyclic amines) is 1. The third kappa shape index (κ3) is 4.76. The van der Waals surface area contributed by atoms with Gasteiger partial charge in [-0.05, 0) is 48.3 Å². The van der Waals surface area contributed by atoms with Gasteiger partial charge in [-0.2, -0.15) is 0 Å². The molecule has 27 heavy (non-hydrogen) atoms. The second-order valence-corrected chi connectivity index (χ2v) is 8.08. The molecule has 2 atom stereocenters. The highest BCUT2D eigenvalue weighted by Gasteiger charge is 2.55. The van der Waals surface area contributed by atoms with Crippen LogP contribution < -0.4 is 4.74 Å². The van der Waals surface area contributed by atoms with Crippen LogP contribution >= 0.6 is 0 Å². The molecule has 1 saturated carbocycles. The number of benzene rings is 1. The molecule has 2 aliphatic heterocycles. The number of halogens is 3. The van der Waals surface area contributed by atoms with Crippen molar-refractivity contribution in [1.29, 1.82) is 0 Å². The van der Waals surface area contributed by atoms with Crippen molar-refractivity contribution in [1.82, 2.24) is 4.90 Å². The van der Waals surface area contributed by atoms with Gasteiger partial charge in [0.15, 0.2) is 0 Å². The van der Waals surface area contributed by atoms with E-state index >= 15 is 0 Å². The topological polar surface area (TPSA) is 41.9 Å². The minimum atomic E-state index is -4.66. The van der Waals surface area contributed by atoms with Crippen molar-refractivity contribution < 1.29 is 27.8 Å². The molecule has 3 fully saturated rings. The molecule has 0 aromatic heterocycles. The highest BCUT2D eigenvalue weighted by Crippen LogP contribution is 2.54. The minimum absolute atomic E-state index is 0.178. The molecule has 1 aromatic rings. The van der Waals surface area contributed by atoms with Crippen LogP contribution in [0.1, 0.15) is 24.8 Å². The predicted octanol–water partition coefficient (Wildman–Crippen LogP) is 3.25. The number of fused-ring (bicyclic) bond motifs is 1. The molecular formula is C20H25F3NO3. The molecule has 1 N–H and O–H groups in total. The summed E-state index contributed by atoms with van der Waals surface area (Å²) in [4.78, 5) is 2.36. The highest BCUT2D eigenvalue weighted by molar-refractivity contribution is 5.33. The number of aliphatic hydroxyl groups is 1. The van der Waals surface area contributed by atoms with Gasteiger partial charge in [0.25, 0.3) is 0 Å². The Balaban J connectivity index is 1.22. The van der Waals surface area contributed by atoms with Gasteiger partial charge in [0, 0.05) is 45.7 Å². The van der Waals surface area contributed by atoms with Crippen molar-refractivity contribution in [2.75, 3.05) is 32.8 Å². The lowest BCUT2D eigenvalue weighted by Crippen LogP contribution is -2.46. The van der Waals surface area contributed by atoms with Gasteiger partial charge in [-0.1, -0.05) is 12.1 Å². The quantitative estimate of drug-likeness (QED) is 0.818. The van der Waals surface area contributed by atoms with Crippen LogP contribution in [-0.4, -0.2) is 54.8 Å². The van der Waals surface area contributed by atoms with Gasteiger partial charge in [0.1, 0.15) is 5.75 Å². The average molecular weight is 384 g/mol. The van der Waals surface area contributed by atoms with E-state index in [2.05, 4.69) is 9.64 Å². The fourth-order valence-electron chi connectivity index (χ4n) is 4.65. The first-order chi connectivity index (χ1) is 12.8. The Morgan fingerprint density at radius 1 is 1.22 bits per heavy atom. The fourth-order valence-corrected chi connectivity index (χ4v) is 4.65. The first kappa shape index (κ1) is 19.0. The van der Waals surface area contributed by atoms with E-state index in [-0.39, 0.29) is 5.75 Å². The first-order valence-electron chi connectivity index (χ1n) is 9.53. The van der Waals surface area contributed by atoms with Crippen LogP contribution in [0.15, 0.2) is 24.3 Å². The molecule has 0 spiro atoms. The van der Waals surface area contributed by atoms with E-state index in [9.17, 15) is 18.3 Å². The summed E-state index contributed by atoms with van der Waals surface area (Å²) in [5.41, 5.74) is 0.144. The van der Waals surface area contributed by atoms with E-state index in [1.807, 2.05) is 6.42 Å². The Kier molecular flexibility index (Phi) is 5.12. The van der Waals surface area contributed by atoms with Crippen LogP contribution in [0.25, 0.3) is 0 Å². The zero-order chi connectivity index (χ0) is 19.1. The number of hydrogen-bond acceptors (Lipinski definition) is 4. The molecule has 1 radical (unpaired) electrons. The van der Waals surface area contributed by atoms with Gasteiger partial charge >= 0.3 is 6.36 Å². The second-order valence-electron chi connectivity index (χ2n) is 8.08. The standard InChI is InChI=1S/C20H25F3NO3/c21-20(22,23)27-15-3-1-2-14(10-15)4-5-16-17-11-24(12-18(16)17)13-19(25)6-8-26-9-7-19/h1-4,10,16-18,25H,5-9,11-13H2. The normalized spacial score (nSPS) is 30.1. The van der Waals surface area contributed by atoms with Crippen LogP contribution in [0.2, 0.25) is 0 Å². The van der Waals surface area contributed by atoms with Crippen LogP contribution in [0, 0.1) is 24.2 Å². The number of ether oxygens (including phenoxy) is 2. The summed E-state index contributed by atoms with van der Waals surface area (Å²) >= 11 is 0. The molecule has 2 heterocycles. The molecule has 0 bridgehead atoms. The Bertz CT molecular complexity index is 648. The SMILES string of the molecule is OC1(CN2CC3C(C[CH]c4cccc(OC(F)(F)F)c4)C3C2)CCOCC1. The second kappa shape index (κ2) is 7.26. The van der Waals surface area contributed by atoms with Crippen molar-refractivity contribution >= 4 is 0 Å². The summed E-state index contributed by atoms with van der Waals surface area (Å²) in [5.74, 6) is 1.69. The molecule has 1 aromatic carbocycles. The van der Waals surface area contributed by atoms with E-state index in [0.717, 1.165) is 31.6 Å². The number of nitrogens with zero attached hydrogens (tertiary/aromatic N) is 1. The Labute approximate surface area is 157 Å². The monoisotopic (exact) mass is 384 g/mol. The molecular weight excluding hydrogens is 359 g/mol. The number of β-amino-alcohol motifs (C(OH)–C–C–N with tert-alkyl or cyclic N) is 1. The molecule has 149 valence electrons. The van der Waals surface area contributed by atoms with Crippen molar-refractivity contribution in [3.8, 4) is 5.75 Å². The molecule has 4 rings (SSSR count). The van der Waals surface area contributed by atoms with Crippen molar-refractivity contribution in [3.05, 3.63) is 36.2 Å². The van der Waals surface area contributed by atoms with Crippen LogP contribution in [0.5, 0.6) is 5.75 Å². The number of rotatable bonds is 6. The summed E-state index contributed by atoms with van der Waals surface area (Å²) in [6, 6.07) is 6.12. The van der Waals surface area contributed by atoms with Gasteiger partial charge in [-0.25, -0.2) is 0 Å². The number of alkyl halides is 3. The fraction of sp³-hybridized carbons (Fsp3) is 0.650. The van der Waals surface area contributed by atoms with Gasteiger partial charge in [0.05, 0.1) is 5.60 Å². The highest BCUT2D eigenvalue weighted by atomic mass is 19.4. The Morgan fingerprint density at radius 2 is 1.93 bits per heavy atom. The maximum absolute atomic E-state index is 12.3. The van der Waals surface area contributed by atoms with Gasteiger partial charge < -0.3 is 14.6 Å². The average Bonchev–Trinajstić information content (AvgIpc) is 3.04. The Hall–Kier alpha value is -1.31. The lowest BCUT2D eigenvalue weighted by Gasteiger charge is -2.36. The number of hydrogen-bond donors (Lipinski definition) is 1. The molecule has 2 saturated heterocycles. The van der Waals surface area contributed by atoms with Crippen LogP contribution in [0.3, 0.4) is 0 Å². The smallest absolute Gasteiger partial charge is 0.406 e. The minimum Gasteiger partial charge on any atom is -0.406 e. The Morgan fingerprint density at radius 3 is 2.59 bits per heavy atom. The van der Waals surface area contributed by atoms with Crippen molar-refractivity contribution in [2.45, 2.75) is 31.2 Å². The summed E-state index contributed by atoms with van der Waals surface area (Å²) < 4.78 is 46.3. The van der Waals surface area contributed by atoms with Crippen molar-refractivity contribution in [3.63, 3.8) is 0 Å². The molecule has 4 nitrogen and oxygen atoms in total. The maximum Gasteiger partial charge on any atom is 0.573 e. The maximum atomic E-state index is 12.3. The molecule has 0 amide bonds. The summed E-state index contributed by atoms with van der Waals surface area (Å²) in [6.07, 6.45) is -0.387. The van der Waals surface area contributed by atoms with E-state index < -0.39 is 12.0 Å². The summed E-state index contributed by atoms with van der Waals surface area (Å²) in [7, 11) is 0. The molecule has 3 aliphatic rings. The third-order valence-corrected chi connectivity index (χ3v) is 6.11.